The van der Waals surface area contributed by atoms with Crippen molar-refractivity contribution >= 4 is 22.7 Å². The highest BCUT2D eigenvalue weighted by Crippen LogP contribution is 2.21. The van der Waals surface area contributed by atoms with Crippen LogP contribution in [-0.2, 0) is 18.4 Å². The number of aromatic nitrogens is 2. The van der Waals surface area contributed by atoms with Crippen molar-refractivity contribution in [3.8, 4) is 5.75 Å². The van der Waals surface area contributed by atoms with Crippen LogP contribution in [0.15, 0.2) is 48.8 Å². The van der Waals surface area contributed by atoms with Gasteiger partial charge < -0.3 is 13.9 Å². The van der Waals surface area contributed by atoms with E-state index in [9.17, 15) is 9.59 Å². The summed E-state index contributed by atoms with van der Waals surface area (Å²) < 4.78 is 8.66. The van der Waals surface area contributed by atoms with Gasteiger partial charge in [0.1, 0.15) is 18.0 Å². The van der Waals surface area contributed by atoms with Gasteiger partial charge in [0, 0.05) is 30.3 Å². The highest BCUT2D eigenvalue weighted by atomic mass is 16.5. The van der Waals surface area contributed by atoms with Gasteiger partial charge in [-0.15, -0.1) is 0 Å². The zero-order valence-corrected chi connectivity index (χ0v) is 13.4. The largest absolute Gasteiger partial charge is 0.497 e. The fourth-order valence-corrected chi connectivity index (χ4v) is 2.52. The van der Waals surface area contributed by atoms with Crippen LogP contribution in [0.3, 0.4) is 0 Å². The molecule has 3 rings (SSSR count). The number of aryl methyl sites for hydroxylation is 1. The zero-order chi connectivity index (χ0) is 17.1. The van der Waals surface area contributed by atoms with E-state index in [1.165, 1.54) is 0 Å². The molecule has 1 aromatic carbocycles. The van der Waals surface area contributed by atoms with Gasteiger partial charge in [-0.2, -0.15) is 0 Å². The van der Waals surface area contributed by atoms with Gasteiger partial charge in [-0.3, -0.25) is 20.4 Å². The number of methoxy groups -OCH3 is 1. The van der Waals surface area contributed by atoms with Crippen LogP contribution < -0.4 is 15.6 Å². The lowest BCUT2D eigenvalue weighted by Crippen LogP contribution is -2.43. The Kier molecular flexibility index (Phi) is 4.24. The minimum atomic E-state index is -0.363. The van der Waals surface area contributed by atoms with E-state index in [1.54, 1.807) is 41.6 Å². The van der Waals surface area contributed by atoms with E-state index in [2.05, 4.69) is 10.9 Å². The Labute approximate surface area is 138 Å². The number of nitrogens with zero attached hydrogens (tertiary/aromatic N) is 2. The van der Waals surface area contributed by atoms with E-state index in [-0.39, 0.29) is 18.4 Å². The molecular formula is C17H18N4O3. The molecule has 24 heavy (non-hydrogen) atoms. The molecule has 2 amide bonds. The third-order valence-corrected chi connectivity index (χ3v) is 3.78. The molecule has 0 unspecified atom stereocenters. The molecule has 0 aliphatic heterocycles. The second-order valence-corrected chi connectivity index (χ2v) is 5.38. The van der Waals surface area contributed by atoms with Crippen molar-refractivity contribution in [1.29, 1.82) is 0 Å². The predicted molar refractivity (Wildman–Crippen MR) is 89.5 cm³/mol. The maximum Gasteiger partial charge on any atom is 0.286 e. The van der Waals surface area contributed by atoms with Crippen molar-refractivity contribution in [1.82, 2.24) is 20.0 Å². The maximum atomic E-state index is 12.1. The number of carbonyl (C=O) groups is 2. The summed E-state index contributed by atoms with van der Waals surface area (Å²) in [6.45, 7) is 0.100. The first-order chi connectivity index (χ1) is 11.6. The van der Waals surface area contributed by atoms with Gasteiger partial charge in [-0.05, 0) is 36.4 Å². The standard InChI is InChI=1S/C17H18N4O3/c1-20-8-3-4-15(20)17(23)19-18-16(22)11-21-9-7-12-10-13(24-2)5-6-14(12)21/h3-10H,11H2,1-2H3,(H,18,22)(H,19,23). The molecule has 7 heteroatoms. The summed E-state index contributed by atoms with van der Waals surface area (Å²) >= 11 is 0. The van der Waals surface area contributed by atoms with Gasteiger partial charge in [0.05, 0.1) is 7.11 Å². The van der Waals surface area contributed by atoms with Gasteiger partial charge in [0.2, 0.25) is 0 Å². The minimum absolute atomic E-state index is 0.100. The Bertz CT molecular complexity index is 894. The minimum Gasteiger partial charge on any atom is -0.497 e. The van der Waals surface area contributed by atoms with Crippen molar-refractivity contribution in [3.05, 3.63) is 54.5 Å². The van der Waals surface area contributed by atoms with E-state index >= 15 is 0 Å². The summed E-state index contributed by atoms with van der Waals surface area (Å²) in [5, 5.41) is 0.981. The average Bonchev–Trinajstić information content (AvgIpc) is 3.18. The summed E-state index contributed by atoms with van der Waals surface area (Å²) in [6, 6.07) is 11.0. The topological polar surface area (TPSA) is 77.3 Å². The maximum absolute atomic E-state index is 12.1. The summed E-state index contributed by atoms with van der Waals surface area (Å²) in [5.74, 6) is 0.0864. The lowest BCUT2D eigenvalue weighted by molar-refractivity contribution is -0.122. The van der Waals surface area contributed by atoms with Crippen LogP contribution in [0.5, 0.6) is 5.75 Å². The first kappa shape index (κ1) is 15.7. The average molecular weight is 326 g/mol. The SMILES string of the molecule is COc1ccc2c(ccn2CC(=O)NNC(=O)c2cccn2C)c1. The van der Waals surface area contributed by atoms with Crippen molar-refractivity contribution in [2.75, 3.05) is 7.11 Å². The van der Waals surface area contributed by atoms with Crippen LogP contribution in [-0.4, -0.2) is 28.1 Å². The molecule has 0 saturated heterocycles. The molecule has 3 aromatic rings. The van der Waals surface area contributed by atoms with Crippen molar-refractivity contribution in [2.45, 2.75) is 6.54 Å². The van der Waals surface area contributed by atoms with Gasteiger partial charge in [-0.1, -0.05) is 0 Å². The van der Waals surface area contributed by atoms with Gasteiger partial charge in [-0.25, -0.2) is 0 Å². The van der Waals surface area contributed by atoms with Crippen LogP contribution >= 0.6 is 0 Å². The summed E-state index contributed by atoms with van der Waals surface area (Å²) in [4.78, 5) is 24.0. The Morgan fingerprint density at radius 1 is 1.12 bits per heavy atom. The summed E-state index contributed by atoms with van der Waals surface area (Å²) in [6.07, 6.45) is 3.58. The number of rotatable bonds is 4. The Balaban J connectivity index is 1.63. The molecule has 0 saturated carbocycles. The predicted octanol–water partition coefficient (Wildman–Crippen LogP) is 1.45. The lowest BCUT2D eigenvalue weighted by Gasteiger charge is -2.09. The molecule has 2 N–H and O–H groups in total. The molecule has 2 aromatic heterocycles. The van der Waals surface area contributed by atoms with E-state index in [0.717, 1.165) is 16.7 Å². The summed E-state index contributed by atoms with van der Waals surface area (Å²) in [5.41, 5.74) is 6.22. The molecular weight excluding hydrogens is 308 g/mol. The fraction of sp³-hybridized carbons (Fsp3) is 0.176. The molecule has 124 valence electrons. The number of nitrogens with one attached hydrogen (secondary N) is 2. The monoisotopic (exact) mass is 326 g/mol. The fourth-order valence-electron chi connectivity index (χ4n) is 2.52. The molecule has 0 bridgehead atoms. The summed E-state index contributed by atoms with van der Waals surface area (Å²) in [7, 11) is 3.37. The van der Waals surface area contributed by atoms with E-state index in [4.69, 9.17) is 4.74 Å². The number of fused-ring (bicyclic) bond motifs is 1. The number of benzene rings is 1. The van der Waals surface area contributed by atoms with Crippen LogP contribution in [0, 0.1) is 0 Å². The van der Waals surface area contributed by atoms with Crippen LogP contribution in [0.25, 0.3) is 10.9 Å². The third kappa shape index (κ3) is 3.10. The van der Waals surface area contributed by atoms with Gasteiger partial charge in [0.15, 0.2) is 0 Å². The number of hydrazine groups is 1. The van der Waals surface area contributed by atoms with E-state index < -0.39 is 0 Å². The van der Waals surface area contributed by atoms with Crippen molar-refractivity contribution in [2.24, 2.45) is 7.05 Å². The van der Waals surface area contributed by atoms with E-state index in [1.807, 2.05) is 30.5 Å². The second kappa shape index (κ2) is 6.49. The molecule has 0 atom stereocenters. The van der Waals surface area contributed by atoms with Crippen LogP contribution in [0.1, 0.15) is 10.5 Å². The van der Waals surface area contributed by atoms with E-state index in [0.29, 0.717) is 5.69 Å². The number of ether oxygens (including phenoxy) is 1. The molecule has 0 spiro atoms. The highest BCUT2D eigenvalue weighted by Gasteiger charge is 2.11. The van der Waals surface area contributed by atoms with Gasteiger partial charge in [0.25, 0.3) is 11.8 Å². The Morgan fingerprint density at radius 2 is 1.96 bits per heavy atom. The normalized spacial score (nSPS) is 10.6. The first-order valence-corrected chi connectivity index (χ1v) is 7.42. The third-order valence-electron chi connectivity index (χ3n) is 3.78. The number of carbonyl (C=O) groups excluding carboxylic acids is 2. The quantitative estimate of drug-likeness (QED) is 0.713. The Hall–Kier alpha value is -3.22. The van der Waals surface area contributed by atoms with Crippen molar-refractivity contribution < 1.29 is 14.3 Å². The van der Waals surface area contributed by atoms with Crippen LogP contribution in [0.4, 0.5) is 0 Å². The van der Waals surface area contributed by atoms with Crippen molar-refractivity contribution in [3.63, 3.8) is 0 Å². The molecule has 0 aliphatic carbocycles. The zero-order valence-electron chi connectivity index (χ0n) is 13.4. The molecule has 0 radical (unpaired) electrons. The molecule has 2 heterocycles. The Morgan fingerprint density at radius 3 is 2.67 bits per heavy atom. The first-order valence-electron chi connectivity index (χ1n) is 7.42. The number of hydrogen-bond acceptors (Lipinski definition) is 3. The number of amides is 2. The lowest BCUT2D eigenvalue weighted by atomic mass is 10.2. The van der Waals surface area contributed by atoms with Crippen LogP contribution in [0.2, 0.25) is 0 Å². The molecule has 0 aliphatic rings. The smallest absolute Gasteiger partial charge is 0.286 e. The molecule has 7 nitrogen and oxygen atoms in total. The van der Waals surface area contributed by atoms with Gasteiger partial charge >= 0.3 is 0 Å². The molecule has 0 fully saturated rings. The highest BCUT2D eigenvalue weighted by molar-refractivity contribution is 5.94. The second-order valence-electron chi connectivity index (χ2n) is 5.38. The number of hydrogen-bond donors (Lipinski definition) is 2.